The van der Waals surface area contributed by atoms with E-state index in [0.29, 0.717) is 6.04 Å². The van der Waals surface area contributed by atoms with Crippen LogP contribution < -0.4 is 5.32 Å². The molecule has 2 nitrogen and oxygen atoms in total. The van der Waals surface area contributed by atoms with Crippen molar-refractivity contribution in [3.8, 4) is 0 Å². The van der Waals surface area contributed by atoms with E-state index in [0.717, 1.165) is 12.0 Å². The quantitative estimate of drug-likeness (QED) is 0.728. The molecule has 0 aromatic carbocycles. The summed E-state index contributed by atoms with van der Waals surface area (Å²) >= 11 is 0. The zero-order chi connectivity index (χ0) is 11.3. The number of rotatable bonds is 6. The van der Waals surface area contributed by atoms with Crippen molar-refractivity contribution in [1.82, 2.24) is 10.2 Å². The summed E-state index contributed by atoms with van der Waals surface area (Å²) in [6.45, 7) is 12.9. The van der Waals surface area contributed by atoms with Gasteiger partial charge in [-0.15, -0.1) is 0 Å². The lowest BCUT2D eigenvalue weighted by Gasteiger charge is -2.27. The van der Waals surface area contributed by atoms with E-state index < -0.39 is 0 Å². The van der Waals surface area contributed by atoms with Gasteiger partial charge in [0.05, 0.1) is 0 Å². The van der Waals surface area contributed by atoms with Gasteiger partial charge in [-0.1, -0.05) is 27.2 Å². The van der Waals surface area contributed by atoms with Crippen molar-refractivity contribution in [2.75, 3.05) is 19.6 Å². The highest BCUT2D eigenvalue weighted by atomic mass is 15.2. The molecular weight excluding hydrogens is 184 g/mol. The summed E-state index contributed by atoms with van der Waals surface area (Å²) in [6, 6.07) is 1.45. The number of likely N-dealkylation sites (N-methyl/N-ethyl adjacent to an activating group) is 1. The average molecular weight is 212 g/mol. The van der Waals surface area contributed by atoms with Gasteiger partial charge in [-0.3, -0.25) is 4.90 Å². The molecule has 0 aromatic heterocycles. The first-order valence-electron chi connectivity index (χ1n) is 6.66. The summed E-state index contributed by atoms with van der Waals surface area (Å²) in [7, 11) is 0. The van der Waals surface area contributed by atoms with E-state index in [1.807, 2.05) is 0 Å². The maximum atomic E-state index is 3.70. The minimum absolute atomic E-state index is 0.661. The standard InChI is InChI=1S/C13H28N2/c1-5-11(3)12(4)14-10-13-8-7-9-15(13)6-2/h11-14H,5-10H2,1-4H3/t11-,12+,13+/m1/s1. The highest BCUT2D eigenvalue weighted by Crippen LogP contribution is 2.16. The Morgan fingerprint density at radius 3 is 2.67 bits per heavy atom. The third-order valence-corrected chi connectivity index (χ3v) is 4.08. The molecule has 1 heterocycles. The SMILES string of the molecule is CC[C@@H](C)[C@H](C)NC[C@@H]1CCCN1CC. The fourth-order valence-electron chi connectivity index (χ4n) is 2.42. The summed E-state index contributed by atoms with van der Waals surface area (Å²) in [4.78, 5) is 2.61. The minimum atomic E-state index is 0.661. The second kappa shape index (κ2) is 6.49. The minimum Gasteiger partial charge on any atom is -0.312 e. The van der Waals surface area contributed by atoms with Crippen molar-refractivity contribution < 1.29 is 0 Å². The molecule has 1 fully saturated rings. The van der Waals surface area contributed by atoms with Crippen molar-refractivity contribution in [2.24, 2.45) is 5.92 Å². The monoisotopic (exact) mass is 212 g/mol. The Morgan fingerprint density at radius 2 is 2.07 bits per heavy atom. The van der Waals surface area contributed by atoms with E-state index in [1.54, 1.807) is 0 Å². The molecule has 1 saturated heterocycles. The number of nitrogens with one attached hydrogen (secondary N) is 1. The highest BCUT2D eigenvalue weighted by molar-refractivity contribution is 4.81. The molecule has 1 rings (SSSR count). The summed E-state index contributed by atoms with van der Waals surface area (Å²) < 4.78 is 0. The summed E-state index contributed by atoms with van der Waals surface area (Å²) in [6.07, 6.45) is 4.04. The number of hydrogen-bond donors (Lipinski definition) is 1. The van der Waals surface area contributed by atoms with Crippen LogP contribution in [0, 0.1) is 5.92 Å². The molecule has 0 unspecified atom stereocenters. The van der Waals surface area contributed by atoms with Gasteiger partial charge in [-0.25, -0.2) is 0 Å². The summed E-state index contributed by atoms with van der Waals surface area (Å²) in [5, 5.41) is 3.70. The van der Waals surface area contributed by atoms with Crippen molar-refractivity contribution >= 4 is 0 Å². The average Bonchev–Trinajstić information content (AvgIpc) is 2.71. The van der Waals surface area contributed by atoms with E-state index in [2.05, 4.69) is 37.9 Å². The Bertz CT molecular complexity index is 170. The molecular formula is C13H28N2. The van der Waals surface area contributed by atoms with Crippen LogP contribution in [-0.4, -0.2) is 36.6 Å². The molecule has 0 radical (unpaired) electrons. The molecule has 1 aliphatic heterocycles. The Kier molecular flexibility index (Phi) is 5.62. The first kappa shape index (κ1) is 13.0. The van der Waals surface area contributed by atoms with E-state index in [9.17, 15) is 0 Å². The Hall–Kier alpha value is -0.0800. The van der Waals surface area contributed by atoms with Crippen LogP contribution in [0.2, 0.25) is 0 Å². The topological polar surface area (TPSA) is 15.3 Å². The Morgan fingerprint density at radius 1 is 1.33 bits per heavy atom. The van der Waals surface area contributed by atoms with Crippen LogP contribution in [0.25, 0.3) is 0 Å². The van der Waals surface area contributed by atoms with Gasteiger partial charge in [-0.05, 0) is 38.8 Å². The van der Waals surface area contributed by atoms with E-state index in [1.165, 1.54) is 38.9 Å². The van der Waals surface area contributed by atoms with Gasteiger partial charge in [0.25, 0.3) is 0 Å². The normalized spacial score (nSPS) is 26.8. The molecule has 0 aromatic rings. The molecule has 0 saturated carbocycles. The molecule has 0 amide bonds. The van der Waals surface area contributed by atoms with E-state index >= 15 is 0 Å². The largest absolute Gasteiger partial charge is 0.312 e. The number of hydrogen-bond acceptors (Lipinski definition) is 2. The fourth-order valence-corrected chi connectivity index (χ4v) is 2.42. The molecule has 0 bridgehead atoms. The maximum Gasteiger partial charge on any atom is 0.0221 e. The molecule has 90 valence electrons. The fraction of sp³-hybridized carbons (Fsp3) is 1.00. The van der Waals surface area contributed by atoms with Crippen molar-refractivity contribution in [3.05, 3.63) is 0 Å². The number of nitrogens with zero attached hydrogens (tertiary/aromatic N) is 1. The molecule has 0 aliphatic carbocycles. The molecule has 2 heteroatoms. The van der Waals surface area contributed by atoms with Gasteiger partial charge >= 0.3 is 0 Å². The highest BCUT2D eigenvalue weighted by Gasteiger charge is 2.23. The Balaban J connectivity index is 2.24. The predicted octanol–water partition coefficient (Wildman–Crippen LogP) is 2.49. The predicted molar refractivity (Wildman–Crippen MR) is 67.2 cm³/mol. The van der Waals surface area contributed by atoms with Crippen LogP contribution >= 0.6 is 0 Å². The Labute approximate surface area is 95.4 Å². The zero-order valence-electron chi connectivity index (χ0n) is 10.9. The van der Waals surface area contributed by atoms with Crippen molar-refractivity contribution in [1.29, 1.82) is 0 Å². The van der Waals surface area contributed by atoms with Crippen LogP contribution in [0.3, 0.4) is 0 Å². The van der Waals surface area contributed by atoms with Crippen molar-refractivity contribution in [2.45, 2.75) is 59.0 Å². The summed E-state index contributed by atoms with van der Waals surface area (Å²) in [5.74, 6) is 0.793. The third-order valence-electron chi connectivity index (χ3n) is 4.08. The molecule has 15 heavy (non-hydrogen) atoms. The van der Waals surface area contributed by atoms with Crippen LogP contribution in [0.5, 0.6) is 0 Å². The second-order valence-electron chi connectivity index (χ2n) is 5.01. The third kappa shape index (κ3) is 3.76. The smallest absolute Gasteiger partial charge is 0.0221 e. The molecule has 3 atom stereocenters. The van der Waals surface area contributed by atoms with Gasteiger partial charge < -0.3 is 5.32 Å². The first-order valence-corrected chi connectivity index (χ1v) is 6.66. The lowest BCUT2D eigenvalue weighted by Crippen LogP contribution is -2.42. The second-order valence-corrected chi connectivity index (χ2v) is 5.01. The van der Waals surface area contributed by atoms with E-state index in [4.69, 9.17) is 0 Å². The number of likely N-dealkylation sites (tertiary alicyclic amines) is 1. The lowest BCUT2D eigenvalue weighted by atomic mass is 10.0. The first-order chi connectivity index (χ1) is 7.19. The zero-order valence-corrected chi connectivity index (χ0v) is 10.9. The lowest BCUT2D eigenvalue weighted by molar-refractivity contribution is 0.246. The molecule has 1 N–H and O–H groups in total. The van der Waals surface area contributed by atoms with E-state index in [-0.39, 0.29) is 0 Å². The van der Waals surface area contributed by atoms with Crippen molar-refractivity contribution in [3.63, 3.8) is 0 Å². The van der Waals surface area contributed by atoms with Crippen LogP contribution in [-0.2, 0) is 0 Å². The van der Waals surface area contributed by atoms with Gasteiger partial charge in [0.2, 0.25) is 0 Å². The van der Waals surface area contributed by atoms with Crippen LogP contribution in [0.15, 0.2) is 0 Å². The molecule has 0 spiro atoms. The van der Waals surface area contributed by atoms with Gasteiger partial charge in [0, 0.05) is 18.6 Å². The van der Waals surface area contributed by atoms with Gasteiger partial charge in [-0.2, -0.15) is 0 Å². The maximum absolute atomic E-state index is 3.70. The summed E-state index contributed by atoms with van der Waals surface area (Å²) in [5.41, 5.74) is 0. The van der Waals surface area contributed by atoms with Gasteiger partial charge in [0.15, 0.2) is 0 Å². The van der Waals surface area contributed by atoms with Gasteiger partial charge in [0.1, 0.15) is 0 Å². The molecule has 1 aliphatic rings. The van der Waals surface area contributed by atoms with Crippen LogP contribution in [0.1, 0.15) is 47.0 Å². The van der Waals surface area contributed by atoms with Crippen LogP contribution in [0.4, 0.5) is 0 Å².